The first-order valence-electron chi connectivity index (χ1n) is 6.59. The van der Waals surface area contributed by atoms with Crippen LogP contribution in [-0.2, 0) is 22.3 Å². The van der Waals surface area contributed by atoms with Gasteiger partial charge in [0.15, 0.2) is 0 Å². The highest BCUT2D eigenvalue weighted by Crippen LogP contribution is 2.32. The molecular weight excluding hydrogens is 304 g/mol. The third kappa shape index (κ3) is 3.20. The molecule has 0 bridgehead atoms. The summed E-state index contributed by atoms with van der Waals surface area (Å²) in [5, 5.41) is 2.37. The number of carbonyl (C=O) groups is 2. The van der Waals surface area contributed by atoms with Gasteiger partial charge in [-0.3, -0.25) is 9.59 Å². The summed E-state index contributed by atoms with van der Waals surface area (Å²) in [5.41, 5.74) is -1.62. The van der Waals surface area contributed by atoms with Crippen molar-refractivity contribution in [3.05, 3.63) is 35.1 Å². The molecule has 1 aliphatic rings. The minimum absolute atomic E-state index is 0.176. The van der Waals surface area contributed by atoms with Crippen molar-refractivity contribution in [2.24, 2.45) is 0 Å². The third-order valence-corrected chi connectivity index (χ3v) is 3.63. The van der Waals surface area contributed by atoms with Crippen molar-refractivity contribution in [2.75, 3.05) is 7.05 Å². The lowest BCUT2D eigenvalue weighted by molar-refractivity contribution is -0.140. The van der Waals surface area contributed by atoms with Crippen LogP contribution in [0.4, 0.5) is 17.6 Å². The van der Waals surface area contributed by atoms with Crippen LogP contribution in [0.3, 0.4) is 0 Å². The second-order valence-electron chi connectivity index (χ2n) is 5.05. The predicted molar refractivity (Wildman–Crippen MR) is 69.0 cm³/mol. The number of carbonyl (C=O) groups excluding carboxylic acids is 2. The number of amides is 2. The maximum atomic E-state index is 13.8. The summed E-state index contributed by atoms with van der Waals surface area (Å²) in [7, 11) is 1.48. The van der Waals surface area contributed by atoms with E-state index in [1.165, 1.54) is 18.0 Å². The van der Waals surface area contributed by atoms with Crippen LogP contribution in [0.1, 0.15) is 24.0 Å². The molecule has 1 aromatic carbocycles. The van der Waals surface area contributed by atoms with Crippen LogP contribution < -0.4 is 5.32 Å². The van der Waals surface area contributed by atoms with E-state index in [0.717, 1.165) is 6.07 Å². The Bertz CT molecular complexity index is 601. The van der Waals surface area contributed by atoms with Crippen LogP contribution >= 0.6 is 0 Å². The normalized spacial score (nSPS) is 18.7. The lowest BCUT2D eigenvalue weighted by atomic mass is 10.1. The summed E-state index contributed by atoms with van der Waals surface area (Å²) >= 11 is 0. The second kappa shape index (κ2) is 5.94. The van der Waals surface area contributed by atoms with E-state index in [2.05, 4.69) is 5.32 Å². The number of rotatable bonds is 3. The van der Waals surface area contributed by atoms with Crippen molar-refractivity contribution in [3.63, 3.8) is 0 Å². The molecular formula is C14H14F4N2O2. The Hall–Kier alpha value is -2.12. The van der Waals surface area contributed by atoms with E-state index in [-0.39, 0.29) is 24.4 Å². The molecule has 1 aromatic rings. The molecule has 0 radical (unpaired) electrons. The van der Waals surface area contributed by atoms with Gasteiger partial charge in [-0.05, 0) is 12.5 Å². The van der Waals surface area contributed by atoms with Gasteiger partial charge in [-0.2, -0.15) is 13.2 Å². The number of nitrogens with zero attached hydrogens (tertiary/aromatic N) is 1. The molecule has 1 aliphatic heterocycles. The average Bonchev–Trinajstić information content (AvgIpc) is 2.76. The van der Waals surface area contributed by atoms with Crippen LogP contribution in [0.15, 0.2) is 18.2 Å². The first-order valence-corrected chi connectivity index (χ1v) is 6.59. The Morgan fingerprint density at radius 2 is 2.09 bits per heavy atom. The number of hydrogen-bond acceptors (Lipinski definition) is 2. The highest BCUT2D eigenvalue weighted by Gasteiger charge is 2.35. The minimum Gasteiger partial charge on any atom is -0.350 e. The van der Waals surface area contributed by atoms with Crippen molar-refractivity contribution in [1.29, 1.82) is 0 Å². The quantitative estimate of drug-likeness (QED) is 0.868. The fourth-order valence-corrected chi connectivity index (χ4v) is 2.35. The Kier molecular flexibility index (Phi) is 4.39. The van der Waals surface area contributed by atoms with Crippen LogP contribution in [0, 0.1) is 5.82 Å². The summed E-state index contributed by atoms with van der Waals surface area (Å²) in [6, 6.07) is 2.23. The smallest absolute Gasteiger partial charge is 0.350 e. The highest BCUT2D eigenvalue weighted by atomic mass is 19.4. The topological polar surface area (TPSA) is 49.4 Å². The maximum absolute atomic E-state index is 13.8. The standard InChI is InChI=1S/C14H14F4N2O2/c1-20-10(5-6-11(20)21)13(22)19-7-8-3-2-4-9(12(8)15)14(16,17)18/h2-4,10H,5-7H2,1H3,(H,19,22). The molecule has 1 fully saturated rings. The van der Waals surface area contributed by atoms with Gasteiger partial charge in [-0.1, -0.05) is 12.1 Å². The Morgan fingerprint density at radius 1 is 1.41 bits per heavy atom. The molecule has 1 unspecified atom stereocenters. The van der Waals surface area contributed by atoms with Crippen molar-refractivity contribution >= 4 is 11.8 Å². The van der Waals surface area contributed by atoms with E-state index in [0.29, 0.717) is 12.5 Å². The van der Waals surface area contributed by atoms with E-state index in [1.54, 1.807) is 0 Å². The zero-order chi connectivity index (χ0) is 16.5. The monoisotopic (exact) mass is 318 g/mol. The number of likely N-dealkylation sites (N-methyl/N-ethyl adjacent to an activating group) is 1. The molecule has 1 heterocycles. The molecule has 0 aliphatic carbocycles. The number of benzene rings is 1. The molecule has 0 spiro atoms. The van der Waals surface area contributed by atoms with Gasteiger partial charge in [0.1, 0.15) is 11.9 Å². The number of likely N-dealkylation sites (tertiary alicyclic amines) is 1. The zero-order valence-corrected chi connectivity index (χ0v) is 11.7. The van der Waals surface area contributed by atoms with Crippen LogP contribution in [-0.4, -0.2) is 29.8 Å². The molecule has 1 saturated heterocycles. The van der Waals surface area contributed by atoms with Gasteiger partial charge in [-0.15, -0.1) is 0 Å². The molecule has 1 atom stereocenters. The van der Waals surface area contributed by atoms with Gasteiger partial charge in [0.25, 0.3) is 0 Å². The van der Waals surface area contributed by atoms with E-state index in [1.807, 2.05) is 0 Å². The summed E-state index contributed by atoms with van der Waals surface area (Å²) in [4.78, 5) is 24.5. The molecule has 8 heteroatoms. The molecule has 0 saturated carbocycles. The van der Waals surface area contributed by atoms with Gasteiger partial charge in [0.05, 0.1) is 5.56 Å². The Labute approximate surface area is 124 Å². The summed E-state index contributed by atoms with van der Waals surface area (Å²) < 4.78 is 51.6. The summed E-state index contributed by atoms with van der Waals surface area (Å²) in [5.74, 6) is -2.08. The van der Waals surface area contributed by atoms with Crippen molar-refractivity contribution in [3.8, 4) is 0 Å². The van der Waals surface area contributed by atoms with Gasteiger partial charge in [0.2, 0.25) is 11.8 Å². The van der Waals surface area contributed by atoms with Crippen molar-refractivity contribution in [2.45, 2.75) is 31.6 Å². The SMILES string of the molecule is CN1C(=O)CCC1C(=O)NCc1cccc(C(F)(F)F)c1F. The number of hydrogen-bond donors (Lipinski definition) is 1. The third-order valence-electron chi connectivity index (χ3n) is 3.63. The van der Waals surface area contributed by atoms with Gasteiger partial charge in [-0.25, -0.2) is 4.39 Å². The molecule has 22 heavy (non-hydrogen) atoms. The number of nitrogens with one attached hydrogen (secondary N) is 1. The van der Waals surface area contributed by atoms with Crippen LogP contribution in [0.2, 0.25) is 0 Å². The maximum Gasteiger partial charge on any atom is 0.419 e. The zero-order valence-electron chi connectivity index (χ0n) is 11.7. The van der Waals surface area contributed by atoms with E-state index < -0.39 is 29.5 Å². The first kappa shape index (κ1) is 16.3. The highest BCUT2D eigenvalue weighted by molar-refractivity contribution is 5.90. The molecule has 2 amide bonds. The summed E-state index contributed by atoms with van der Waals surface area (Å²) in [6.45, 7) is -0.368. The fourth-order valence-electron chi connectivity index (χ4n) is 2.35. The minimum atomic E-state index is -4.79. The van der Waals surface area contributed by atoms with Crippen LogP contribution in [0.5, 0.6) is 0 Å². The average molecular weight is 318 g/mol. The number of halogens is 4. The predicted octanol–water partition coefficient (Wildman–Crippen LogP) is 2.08. The molecule has 0 aromatic heterocycles. The Morgan fingerprint density at radius 3 is 2.64 bits per heavy atom. The molecule has 4 nitrogen and oxygen atoms in total. The lowest BCUT2D eigenvalue weighted by Gasteiger charge is -2.19. The second-order valence-corrected chi connectivity index (χ2v) is 5.05. The first-order chi connectivity index (χ1) is 10.2. The van der Waals surface area contributed by atoms with Gasteiger partial charge >= 0.3 is 6.18 Å². The molecule has 1 N–H and O–H groups in total. The van der Waals surface area contributed by atoms with Gasteiger partial charge < -0.3 is 10.2 Å². The van der Waals surface area contributed by atoms with E-state index in [9.17, 15) is 27.2 Å². The van der Waals surface area contributed by atoms with Crippen molar-refractivity contribution in [1.82, 2.24) is 10.2 Å². The van der Waals surface area contributed by atoms with Crippen LogP contribution in [0.25, 0.3) is 0 Å². The Balaban J connectivity index is 2.06. The molecule has 2 rings (SSSR count). The van der Waals surface area contributed by atoms with Gasteiger partial charge in [0, 0.05) is 25.6 Å². The van der Waals surface area contributed by atoms with E-state index in [4.69, 9.17) is 0 Å². The number of alkyl halides is 3. The summed E-state index contributed by atoms with van der Waals surface area (Å²) in [6.07, 6.45) is -4.21. The lowest BCUT2D eigenvalue weighted by Crippen LogP contribution is -2.42. The fraction of sp³-hybridized carbons (Fsp3) is 0.429. The van der Waals surface area contributed by atoms with Crippen molar-refractivity contribution < 1.29 is 27.2 Å². The molecule has 120 valence electrons. The van der Waals surface area contributed by atoms with E-state index >= 15 is 0 Å². The largest absolute Gasteiger partial charge is 0.419 e.